The lowest BCUT2D eigenvalue weighted by Gasteiger charge is -2.19. The van der Waals surface area contributed by atoms with Gasteiger partial charge < -0.3 is 10.5 Å². The first kappa shape index (κ1) is 13.4. The highest BCUT2D eigenvalue weighted by atomic mass is 19.1. The minimum Gasteiger partial charge on any atom is -0.457 e. The van der Waals surface area contributed by atoms with Crippen molar-refractivity contribution >= 4 is 5.69 Å². The van der Waals surface area contributed by atoms with Crippen molar-refractivity contribution in [3.05, 3.63) is 53.8 Å². The van der Waals surface area contributed by atoms with Crippen molar-refractivity contribution in [3.63, 3.8) is 0 Å². The number of nitrogens with two attached hydrogens (primary N) is 1. The molecule has 100 valence electrons. The minimum atomic E-state index is -0.402. The zero-order chi connectivity index (χ0) is 14.0. The molecule has 2 N–H and O–H groups in total. The molecule has 2 aromatic rings. The van der Waals surface area contributed by atoms with Crippen LogP contribution in [0.2, 0.25) is 0 Å². The Labute approximate surface area is 113 Å². The summed E-state index contributed by atoms with van der Waals surface area (Å²) in [6.07, 6.45) is 0. The van der Waals surface area contributed by atoms with Gasteiger partial charge in [-0.1, -0.05) is 32.9 Å². The third-order valence-electron chi connectivity index (χ3n) is 2.85. The second kappa shape index (κ2) is 4.92. The van der Waals surface area contributed by atoms with Gasteiger partial charge in [-0.3, -0.25) is 0 Å². The normalized spacial score (nSPS) is 11.4. The minimum absolute atomic E-state index is 0.0990. The summed E-state index contributed by atoms with van der Waals surface area (Å²) < 4.78 is 18.8. The molecule has 0 bridgehead atoms. The Morgan fingerprint density at radius 3 is 2.11 bits per heavy atom. The van der Waals surface area contributed by atoms with Gasteiger partial charge in [-0.15, -0.1) is 0 Å². The lowest BCUT2D eigenvalue weighted by molar-refractivity contribution is 0.476. The molecule has 0 aliphatic carbocycles. The molecule has 0 fully saturated rings. The molecule has 2 rings (SSSR count). The quantitative estimate of drug-likeness (QED) is 0.806. The zero-order valence-electron chi connectivity index (χ0n) is 11.4. The maximum atomic E-state index is 13.2. The van der Waals surface area contributed by atoms with Crippen LogP contribution in [0.25, 0.3) is 0 Å². The maximum absolute atomic E-state index is 13.2. The maximum Gasteiger partial charge on any atom is 0.132 e. The molecule has 19 heavy (non-hydrogen) atoms. The molecule has 0 aliphatic heterocycles. The van der Waals surface area contributed by atoms with Gasteiger partial charge in [-0.05, 0) is 29.2 Å². The molecule has 0 unspecified atom stereocenters. The summed E-state index contributed by atoms with van der Waals surface area (Å²) in [4.78, 5) is 0. The van der Waals surface area contributed by atoms with Crippen molar-refractivity contribution in [1.29, 1.82) is 0 Å². The predicted octanol–water partition coefficient (Wildman–Crippen LogP) is 4.50. The van der Waals surface area contributed by atoms with Crippen LogP contribution in [0.15, 0.2) is 42.5 Å². The van der Waals surface area contributed by atoms with Crippen LogP contribution in [-0.2, 0) is 5.41 Å². The van der Waals surface area contributed by atoms with E-state index in [1.807, 2.05) is 24.3 Å². The van der Waals surface area contributed by atoms with Gasteiger partial charge in [0.15, 0.2) is 0 Å². The largest absolute Gasteiger partial charge is 0.457 e. The van der Waals surface area contributed by atoms with Crippen LogP contribution in [0.5, 0.6) is 11.5 Å². The molecule has 3 heteroatoms. The fourth-order valence-corrected chi connectivity index (χ4v) is 1.80. The van der Waals surface area contributed by atoms with E-state index >= 15 is 0 Å². The van der Waals surface area contributed by atoms with Crippen LogP contribution < -0.4 is 10.5 Å². The fourth-order valence-electron chi connectivity index (χ4n) is 1.80. The number of ether oxygens (including phenoxy) is 1. The molecule has 0 aromatic heterocycles. The molecule has 2 nitrogen and oxygen atoms in total. The predicted molar refractivity (Wildman–Crippen MR) is 76.0 cm³/mol. The van der Waals surface area contributed by atoms with Gasteiger partial charge in [-0.2, -0.15) is 0 Å². The number of halogens is 1. The Morgan fingerprint density at radius 1 is 0.947 bits per heavy atom. The number of benzene rings is 2. The van der Waals surface area contributed by atoms with Gasteiger partial charge in [0.2, 0.25) is 0 Å². The van der Waals surface area contributed by atoms with Crippen LogP contribution in [0.4, 0.5) is 10.1 Å². The van der Waals surface area contributed by atoms with Crippen molar-refractivity contribution in [1.82, 2.24) is 0 Å². The van der Waals surface area contributed by atoms with E-state index in [-0.39, 0.29) is 5.41 Å². The summed E-state index contributed by atoms with van der Waals surface area (Å²) in [5.41, 5.74) is 7.24. The molecule has 0 saturated heterocycles. The lowest BCUT2D eigenvalue weighted by Crippen LogP contribution is -2.10. The molecule has 0 radical (unpaired) electrons. The molecule has 0 aliphatic rings. The van der Waals surface area contributed by atoms with E-state index in [2.05, 4.69) is 20.8 Å². The topological polar surface area (TPSA) is 35.2 Å². The van der Waals surface area contributed by atoms with E-state index < -0.39 is 5.82 Å². The van der Waals surface area contributed by atoms with E-state index in [9.17, 15) is 4.39 Å². The molecular formula is C16H18FNO. The summed E-state index contributed by atoms with van der Waals surface area (Å²) >= 11 is 0. The first-order valence-electron chi connectivity index (χ1n) is 6.19. The van der Waals surface area contributed by atoms with Crippen LogP contribution >= 0.6 is 0 Å². The second-order valence-corrected chi connectivity index (χ2v) is 5.60. The van der Waals surface area contributed by atoms with Gasteiger partial charge in [-0.25, -0.2) is 4.39 Å². The Bertz CT molecular complexity index is 550. The summed E-state index contributed by atoms with van der Waals surface area (Å²) in [7, 11) is 0. The van der Waals surface area contributed by atoms with Crippen molar-refractivity contribution in [3.8, 4) is 11.5 Å². The molecule has 0 atom stereocenters. The zero-order valence-corrected chi connectivity index (χ0v) is 11.4. The van der Waals surface area contributed by atoms with Gasteiger partial charge in [0.25, 0.3) is 0 Å². The second-order valence-electron chi connectivity index (χ2n) is 5.60. The Kier molecular flexibility index (Phi) is 3.47. The third-order valence-corrected chi connectivity index (χ3v) is 2.85. The third kappa shape index (κ3) is 3.47. The number of hydrogen-bond donors (Lipinski definition) is 1. The van der Waals surface area contributed by atoms with Crippen molar-refractivity contribution in [2.24, 2.45) is 0 Å². The molecule has 2 aromatic carbocycles. The highest BCUT2D eigenvalue weighted by molar-refractivity contribution is 5.46. The summed E-state index contributed by atoms with van der Waals surface area (Å²) in [6, 6.07) is 11.9. The Morgan fingerprint density at radius 2 is 1.58 bits per heavy atom. The first-order valence-corrected chi connectivity index (χ1v) is 6.19. The molecular weight excluding hydrogens is 241 g/mol. The SMILES string of the molecule is CC(C)(C)c1ccc(Oc2cc(N)cc(F)c2)cc1. The highest BCUT2D eigenvalue weighted by Gasteiger charge is 2.13. The fraction of sp³-hybridized carbons (Fsp3) is 0.250. The highest BCUT2D eigenvalue weighted by Crippen LogP contribution is 2.28. The Hall–Kier alpha value is -2.03. The van der Waals surface area contributed by atoms with Crippen LogP contribution in [0.1, 0.15) is 26.3 Å². The van der Waals surface area contributed by atoms with Crippen LogP contribution in [0.3, 0.4) is 0 Å². The van der Waals surface area contributed by atoms with E-state index in [4.69, 9.17) is 10.5 Å². The van der Waals surface area contributed by atoms with Crippen LogP contribution in [0, 0.1) is 5.82 Å². The first-order chi connectivity index (χ1) is 8.84. The Balaban J connectivity index is 2.20. The van der Waals surface area contributed by atoms with Gasteiger partial charge in [0.05, 0.1) is 0 Å². The van der Waals surface area contributed by atoms with E-state index in [1.165, 1.54) is 17.7 Å². The molecule has 0 heterocycles. The van der Waals surface area contributed by atoms with Crippen LogP contribution in [-0.4, -0.2) is 0 Å². The summed E-state index contributed by atoms with van der Waals surface area (Å²) in [5.74, 6) is 0.667. The van der Waals surface area contributed by atoms with E-state index in [1.54, 1.807) is 6.07 Å². The van der Waals surface area contributed by atoms with Gasteiger partial charge in [0, 0.05) is 17.8 Å². The van der Waals surface area contributed by atoms with E-state index in [0.717, 1.165) is 0 Å². The smallest absolute Gasteiger partial charge is 0.132 e. The van der Waals surface area contributed by atoms with E-state index in [0.29, 0.717) is 17.2 Å². The number of anilines is 1. The summed E-state index contributed by atoms with van der Waals surface area (Å²) in [5, 5.41) is 0. The average Bonchev–Trinajstić information content (AvgIpc) is 2.26. The molecule has 0 spiro atoms. The number of nitrogen functional groups attached to an aromatic ring is 1. The van der Waals surface area contributed by atoms with Crippen molar-refractivity contribution in [2.45, 2.75) is 26.2 Å². The summed E-state index contributed by atoms with van der Waals surface area (Å²) in [6.45, 7) is 6.45. The molecule has 0 amide bonds. The number of hydrogen-bond acceptors (Lipinski definition) is 2. The molecule has 0 saturated carbocycles. The number of rotatable bonds is 2. The van der Waals surface area contributed by atoms with Crippen molar-refractivity contribution in [2.75, 3.05) is 5.73 Å². The monoisotopic (exact) mass is 259 g/mol. The average molecular weight is 259 g/mol. The van der Waals surface area contributed by atoms with Gasteiger partial charge in [0.1, 0.15) is 17.3 Å². The lowest BCUT2D eigenvalue weighted by atomic mass is 9.87. The standard InChI is InChI=1S/C16H18FNO/c1-16(2,3)11-4-6-14(7-5-11)19-15-9-12(17)8-13(18)10-15/h4-10H,18H2,1-3H3. The van der Waals surface area contributed by atoms with Gasteiger partial charge >= 0.3 is 0 Å². The van der Waals surface area contributed by atoms with Crippen molar-refractivity contribution < 1.29 is 9.13 Å².